The molecule has 30 heavy (non-hydrogen) atoms. The summed E-state index contributed by atoms with van der Waals surface area (Å²) in [7, 11) is -3.65. The minimum atomic E-state index is -3.65. The molecule has 0 spiro atoms. The molecule has 9 heteroatoms. The summed E-state index contributed by atoms with van der Waals surface area (Å²) in [5.41, 5.74) is 0.499. The Balaban J connectivity index is 1.78. The van der Waals surface area contributed by atoms with Crippen molar-refractivity contribution in [3.8, 4) is 0 Å². The summed E-state index contributed by atoms with van der Waals surface area (Å²) in [5, 5.41) is 0. The molecule has 2 aliphatic rings. The number of amidine groups is 1. The monoisotopic (exact) mass is 434 g/mol. The van der Waals surface area contributed by atoms with Crippen LogP contribution in [0.3, 0.4) is 0 Å². The maximum Gasteiger partial charge on any atom is 0.263 e. The van der Waals surface area contributed by atoms with Crippen molar-refractivity contribution >= 4 is 27.7 Å². The van der Waals surface area contributed by atoms with E-state index in [1.54, 1.807) is 28.0 Å². The first-order valence-corrected chi connectivity index (χ1v) is 12.0. The van der Waals surface area contributed by atoms with Gasteiger partial charge in [-0.2, -0.15) is 0 Å². The van der Waals surface area contributed by atoms with Crippen LogP contribution in [0.4, 0.5) is 0 Å². The normalized spacial score (nSPS) is 20.2. The van der Waals surface area contributed by atoms with Crippen LogP contribution in [0.15, 0.2) is 34.2 Å². The summed E-state index contributed by atoms with van der Waals surface area (Å²) in [5.74, 6) is 0.151. The van der Waals surface area contributed by atoms with Gasteiger partial charge in [-0.15, -0.1) is 0 Å². The average molecular weight is 435 g/mol. The third-order valence-electron chi connectivity index (χ3n) is 5.46. The summed E-state index contributed by atoms with van der Waals surface area (Å²) >= 11 is 0. The van der Waals surface area contributed by atoms with Crippen LogP contribution in [-0.4, -0.2) is 68.1 Å². The first kappa shape index (κ1) is 22.3. The predicted molar refractivity (Wildman–Crippen MR) is 115 cm³/mol. The molecule has 0 radical (unpaired) electrons. The summed E-state index contributed by atoms with van der Waals surface area (Å²) in [6, 6.07) is 6.00. The van der Waals surface area contributed by atoms with Crippen LogP contribution in [0.5, 0.6) is 0 Å². The van der Waals surface area contributed by atoms with E-state index in [1.807, 2.05) is 20.8 Å². The van der Waals surface area contributed by atoms with E-state index < -0.39 is 16.1 Å². The van der Waals surface area contributed by atoms with Crippen LogP contribution in [0.2, 0.25) is 0 Å². The highest BCUT2D eigenvalue weighted by Gasteiger charge is 2.33. The molecular weight excluding hydrogens is 404 g/mol. The van der Waals surface area contributed by atoms with E-state index in [1.165, 1.54) is 6.07 Å². The van der Waals surface area contributed by atoms with Gasteiger partial charge in [-0.05, 0) is 18.6 Å². The number of nitrogens with zero attached hydrogens (tertiary/aromatic N) is 3. The van der Waals surface area contributed by atoms with Crippen molar-refractivity contribution < 1.29 is 18.0 Å². The second kappa shape index (κ2) is 9.16. The molecule has 0 saturated carbocycles. The molecule has 1 aromatic carbocycles. The smallest absolute Gasteiger partial charge is 0.263 e. The largest absolute Gasteiger partial charge is 0.339 e. The zero-order valence-corrected chi connectivity index (χ0v) is 18.6. The SMILES string of the molecule is CCCCC(N=C1NS(=O)(=O)c2ccccc21)C(=O)N1CCN(C(=O)C(C)C)CC1. The topological polar surface area (TPSA) is 99.1 Å². The third-order valence-corrected chi connectivity index (χ3v) is 6.86. The Labute approximate surface area is 178 Å². The summed E-state index contributed by atoms with van der Waals surface area (Å²) in [6.07, 6.45) is 2.27. The van der Waals surface area contributed by atoms with Crippen molar-refractivity contribution in [1.82, 2.24) is 14.5 Å². The van der Waals surface area contributed by atoms with Crippen LogP contribution in [0.25, 0.3) is 0 Å². The van der Waals surface area contributed by atoms with Gasteiger partial charge in [0, 0.05) is 37.7 Å². The van der Waals surface area contributed by atoms with Crippen LogP contribution in [0, 0.1) is 5.92 Å². The lowest BCUT2D eigenvalue weighted by Gasteiger charge is -2.36. The number of hydrogen-bond acceptors (Lipinski definition) is 5. The fraction of sp³-hybridized carbons (Fsp3) is 0.571. The second-order valence-electron chi connectivity index (χ2n) is 8.04. The lowest BCUT2D eigenvalue weighted by atomic mass is 10.1. The molecule has 1 fully saturated rings. The lowest BCUT2D eigenvalue weighted by molar-refractivity contribution is -0.142. The number of carbonyl (C=O) groups excluding carboxylic acids is 2. The first-order chi connectivity index (χ1) is 14.2. The van der Waals surface area contributed by atoms with Gasteiger partial charge in [-0.25, -0.2) is 8.42 Å². The Kier molecular flexibility index (Phi) is 6.80. The second-order valence-corrected chi connectivity index (χ2v) is 9.69. The fourth-order valence-electron chi connectivity index (χ4n) is 3.75. The minimum absolute atomic E-state index is 0.0635. The highest BCUT2D eigenvalue weighted by Crippen LogP contribution is 2.23. The molecule has 8 nitrogen and oxygen atoms in total. The van der Waals surface area contributed by atoms with Crippen molar-refractivity contribution in [3.63, 3.8) is 0 Å². The van der Waals surface area contributed by atoms with Crippen LogP contribution < -0.4 is 4.72 Å². The number of rotatable bonds is 6. The molecule has 1 atom stereocenters. The van der Waals surface area contributed by atoms with Crippen molar-refractivity contribution in [2.45, 2.75) is 51.0 Å². The Morgan fingerprint density at radius 2 is 1.67 bits per heavy atom. The Hall–Kier alpha value is -2.42. The van der Waals surface area contributed by atoms with E-state index in [0.717, 1.165) is 12.8 Å². The predicted octanol–water partition coefficient (Wildman–Crippen LogP) is 1.61. The minimum Gasteiger partial charge on any atom is -0.339 e. The maximum absolute atomic E-state index is 13.2. The van der Waals surface area contributed by atoms with Gasteiger partial charge in [0.1, 0.15) is 11.9 Å². The average Bonchev–Trinajstić information content (AvgIpc) is 3.00. The van der Waals surface area contributed by atoms with Crippen molar-refractivity contribution in [3.05, 3.63) is 29.8 Å². The van der Waals surface area contributed by atoms with Gasteiger partial charge < -0.3 is 9.80 Å². The molecule has 2 heterocycles. The van der Waals surface area contributed by atoms with Crippen LogP contribution >= 0.6 is 0 Å². The molecule has 2 amide bonds. The van der Waals surface area contributed by atoms with Gasteiger partial charge in [0.25, 0.3) is 10.0 Å². The zero-order valence-electron chi connectivity index (χ0n) is 17.8. The van der Waals surface area contributed by atoms with Gasteiger partial charge in [0.05, 0.1) is 4.90 Å². The van der Waals surface area contributed by atoms with Gasteiger partial charge >= 0.3 is 0 Å². The number of unbranched alkanes of at least 4 members (excludes halogenated alkanes) is 1. The molecular formula is C21H30N4O4S. The highest BCUT2D eigenvalue weighted by atomic mass is 32.2. The highest BCUT2D eigenvalue weighted by molar-refractivity contribution is 7.90. The molecule has 164 valence electrons. The summed E-state index contributed by atoms with van der Waals surface area (Å²) in [6.45, 7) is 7.73. The summed E-state index contributed by atoms with van der Waals surface area (Å²) < 4.78 is 27.2. The zero-order chi connectivity index (χ0) is 21.9. The Morgan fingerprint density at radius 1 is 1.07 bits per heavy atom. The van der Waals surface area contributed by atoms with Gasteiger partial charge in [0.15, 0.2) is 0 Å². The van der Waals surface area contributed by atoms with Crippen molar-refractivity contribution in [1.29, 1.82) is 0 Å². The molecule has 0 bridgehead atoms. The first-order valence-electron chi connectivity index (χ1n) is 10.5. The number of piperazine rings is 1. The molecule has 1 N–H and O–H groups in total. The van der Waals surface area contributed by atoms with Crippen molar-refractivity contribution in [2.75, 3.05) is 26.2 Å². The van der Waals surface area contributed by atoms with Crippen LogP contribution in [-0.2, 0) is 19.6 Å². The summed E-state index contributed by atoms with van der Waals surface area (Å²) in [4.78, 5) is 33.7. The molecule has 1 saturated heterocycles. The number of hydrogen-bond donors (Lipinski definition) is 1. The van der Waals surface area contributed by atoms with E-state index in [-0.39, 0.29) is 28.5 Å². The van der Waals surface area contributed by atoms with E-state index in [2.05, 4.69) is 9.71 Å². The molecule has 3 rings (SSSR count). The number of amides is 2. The number of carbonyl (C=O) groups is 2. The fourth-order valence-corrected chi connectivity index (χ4v) is 4.99. The third kappa shape index (κ3) is 4.66. The van der Waals surface area contributed by atoms with E-state index in [4.69, 9.17) is 0 Å². The van der Waals surface area contributed by atoms with Gasteiger partial charge in [-0.3, -0.25) is 19.3 Å². The van der Waals surface area contributed by atoms with Crippen molar-refractivity contribution in [2.24, 2.45) is 10.9 Å². The van der Waals surface area contributed by atoms with E-state index >= 15 is 0 Å². The maximum atomic E-state index is 13.2. The van der Waals surface area contributed by atoms with Gasteiger partial charge in [-0.1, -0.05) is 45.7 Å². The number of benzene rings is 1. The number of fused-ring (bicyclic) bond motifs is 1. The quantitative estimate of drug-likeness (QED) is 0.735. The molecule has 0 aliphatic carbocycles. The molecule has 1 aromatic rings. The molecule has 1 unspecified atom stereocenters. The number of nitrogens with one attached hydrogen (secondary N) is 1. The number of aliphatic imine (C=N–C) groups is 1. The van der Waals surface area contributed by atoms with E-state index in [9.17, 15) is 18.0 Å². The standard InChI is InChI=1S/C21H30N4O4S/c1-4-5-9-17(21(27)25-13-11-24(12-14-25)20(26)15(2)3)22-19-16-8-6-7-10-18(16)30(28,29)23-19/h6-8,10,15,17H,4-5,9,11-14H2,1-3H3,(H,22,23). The molecule has 2 aliphatic heterocycles. The Bertz CT molecular complexity index is 934. The lowest BCUT2D eigenvalue weighted by Crippen LogP contribution is -2.53. The van der Waals surface area contributed by atoms with Gasteiger partial charge in [0.2, 0.25) is 11.8 Å². The van der Waals surface area contributed by atoms with Crippen LogP contribution in [0.1, 0.15) is 45.6 Å². The molecule has 0 aromatic heterocycles. The number of sulfonamides is 1. The van der Waals surface area contributed by atoms with E-state index in [0.29, 0.717) is 38.2 Å². The Morgan fingerprint density at radius 3 is 2.27 bits per heavy atom.